The molecule has 0 amide bonds. The first-order valence-corrected chi connectivity index (χ1v) is 12.8. The molecule has 2 N–H and O–H groups in total. The summed E-state index contributed by atoms with van der Waals surface area (Å²) >= 11 is 0. The second kappa shape index (κ2) is 18.0. The fourth-order valence-electron chi connectivity index (χ4n) is 2.84. The van der Waals surface area contributed by atoms with Crippen LogP contribution in [0.1, 0.15) is 110 Å². The van der Waals surface area contributed by atoms with Gasteiger partial charge in [0.15, 0.2) is 0 Å². The lowest BCUT2D eigenvalue weighted by Crippen LogP contribution is -2.06. The quantitative estimate of drug-likeness (QED) is 0.166. The highest BCUT2D eigenvalue weighted by Gasteiger charge is 2.08. The maximum absolute atomic E-state index is 11.0. The van der Waals surface area contributed by atoms with Gasteiger partial charge in [-0.15, -0.1) is 0 Å². The second-order valence-corrected chi connectivity index (χ2v) is 10.2. The highest BCUT2D eigenvalue weighted by Crippen LogP contribution is 2.17. The number of nitrogens with two attached hydrogens (primary N) is 1. The van der Waals surface area contributed by atoms with Crippen molar-refractivity contribution in [1.82, 2.24) is 0 Å². The van der Waals surface area contributed by atoms with E-state index < -0.39 is 9.15 Å². The minimum Gasteiger partial charge on any atom is -0.197 e. The lowest BCUT2D eigenvalue weighted by molar-refractivity contribution is 0.345. The van der Waals surface area contributed by atoms with Crippen molar-refractivity contribution in [2.24, 2.45) is 5.90 Å². The third-order valence-corrected chi connectivity index (χ3v) is 6.92. The first kappa shape index (κ1) is 24.2. The summed E-state index contributed by atoms with van der Waals surface area (Å²) in [4.78, 5) is 0. The van der Waals surface area contributed by atoms with Crippen LogP contribution < -0.4 is 5.90 Å². The van der Waals surface area contributed by atoms with Gasteiger partial charge >= 0.3 is 9.15 Å². The first-order chi connectivity index (χ1) is 11.6. The molecular weight excluding hydrogens is 342 g/mol. The summed E-state index contributed by atoms with van der Waals surface area (Å²) in [5.41, 5.74) is 0. The van der Waals surface area contributed by atoms with Crippen molar-refractivity contribution in [1.29, 1.82) is 0 Å². The monoisotopic (exact) mass is 381 g/mol. The highest BCUT2D eigenvalue weighted by atomic mass is 33.1. The average molecular weight is 382 g/mol. The Labute approximate surface area is 154 Å². The number of rotatable bonds is 19. The van der Waals surface area contributed by atoms with Crippen molar-refractivity contribution in [2.75, 3.05) is 5.75 Å². The molecular formula is C18H39NO3S2. The van der Waals surface area contributed by atoms with Crippen LogP contribution in [0.3, 0.4) is 0 Å². The summed E-state index contributed by atoms with van der Waals surface area (Å²) in [6, 6.07) is 0. The zero-order valence-electron chi connectivity index (χ0n) is 15.6. The molecule has 0 fully saturated rings. The fourth-order valence-corrected chi connectivity index (χ4v) is 4.55. The van der Waals surface area contributed by atoms with Gasteiger partial charge in [0, 0.05) is 5.75 Å². The van der Waals surface area contributed by atoms with E-state index in [-0.39, 0.29) is 0 Å². The summed E-state index contributed by atoms with van der Waals surface area (Å²) in [5.74, 6) is 5.24. The molecule has 0 radical (unpaired) electrons. The van der Waals surface area contributed by atoms with Gasteiger partial charge in [-0.2, -0.15) is 18.6 Å². The summed E-state index contributed by atoms with van der Waals surface area (Å²) in [7, 11) is -2.76. The first-order valence-electron chi connectivity index (χ1n) is 9.90. The van der Waals surface area contributed by atoms with Crippen LogP contribution in [-0.2, 0) is 13.4 Å². The lowest BCUT2D eigenvalue weighted by Gasteiger charge is -2.03. The van der Waals surface area contributed by atoms with Gasteiger partial charge in [0.1, 0.15) is 0 Å². The van der Waals surface area contributed by atoms with Gasteiger partial charge in [0.2, 0.25) is 0 Å². The Morgan fingerprint density at radius 2 is 1.00 bits per heavy atom. The Kier molecular flexibility index (Phi) is 18.2. The largest absolute Gasteiger partial charge is 0.337 e. The lowest BCUT2D eigenvalue weighted by atomic mass is 10.0. The summed E-state index contributed by atoms with van der Waals surface area (Å²) in [6.07, 6.45) is 21.1. The van der Waals surface area contributed by atoms with E-state index in [1.165, 1.54) is 89.9 Å². The topological polar surface area (TPSA) is 69.4 Å². The molecule has 4 nitrogen and oxygen atoms in total. The summed E-state index contributed by atoms with van der Waals surface area (Å²) in [6.45, 7) is 2.27. The molecule has 0 unspecified atom stereocenters. The van der Waals surface area contributed by atoms with E-state index in [4.69, 9.17) is 0 Å². The summed E-state index contributed by atoms with van der Waals surface area (Å²) < 4.78 is 25.9. The van der Waals surface area contributed by atoms with Crippen LogP contribution >= 0.6 is 10.8 Å². The van der Waals surface area contributed by atoms with Crippen molar-refractivity contribution < 1.29 is 12.7 Å². The highest BCUT2D eigenvalue weighted by molar-refractivity contribution is 8.70. The Bertz CT molecular complexity index is 348. The van der Waals surface area contributed by atoms with Crippen LogP contribution in [0.15, 0.2) is 0 Å². The van der Waals surface area contributed by atoms with E-state index in [1.807, 2.05) is 0 Å². The van der Waals surface area contributed by atoms with Crippen molar-refractivity contribution in [3.63, 3.8) is 0 Å². The number of hydrogen-bond acceptors (Lipinski definition) is 5. The van der Waals surface area contributed by atoms with E-state index in [0.29, 0.717) is 5.75 Å². The number of unbranched alkanes of at least 4 members (excludes halogenated alkanes) is 15. The van der Waals surface area contributed by atoms with Crippen LogP contribution in [0.2, 0.25) is 0 Å². The molecule has 0 aliphatic carbocycles. The van der Waals surface area contributed by atoms with Crippen LogP contribution in [-0.4, -0.2) is 14.2 Å². The number of hydrogen-bond donors (Lipinski definition) is 1. The van der Waals surface area contributed by atoms with Gasteiger partial charge in [-0.05, 0) is 17.2 Å². The predicted molar refractivity (Wildman–Crippen MR) is 106 cm³/mol. The molecule has 0 saturated carbocycles. The third-order valence-electron chi connectivity index (χ3n) is 4.34. The average Bonchev–Trinajstić information content (AvgIpc) is 2.57. The molecule has 0 rings (SSSR count). The van der Waals surface area contributed by atoms with E-state index in [1.54, 1.807) is 0 Å². The Hall–Kier alpha value is 0.220. The van der Waals surface area contributed by atoms with Crippen molar-refractivity contribution >= 4 is 19.9 Å². The Balaban J connectivity index is 3.08. The van der Waals surface area contributed by atoms with Crippen molar-refractivity contribution in [2.45, 2.75) is 110 Å². The van der Waals surface area contributed by atoms with E-state index in [2.05, 4.69) is 17.1 Å². The summed E-state index contributed by atoms with van der Waals surface area (Å²) in [5, 5.41) is 0. The Morgan fingerprint density at radius 3 is 1.33 bits per heavy atom. The van der Waals surface area contributed by atoms with Gasteiger partial charge in [-0.3, -0.25) is 0 Å². The van der Waals surface area contributed by atoms with Crippen molar-refractivity contribution in [3.05, 3.63) is 0 Å². The van der Waals surface area contributed by atoms with Gasteiger partial charge < -0.3 is 0 Å². The van der Waals surface area contributed by atoms with Gasteiger partial charge in [-0.25, -0.2) is 0 Å². The third kappa shape index (κ3) is 18.6. The molecule has 0 aliphatic heterocycles. The molecule has 0 aromatic heterocycles. The molecule has 0 atom stereocenters. The van der Waals surface area contributed by atoms with Crippen LogP contribution in [0.5, 0.6) is 0 Å². The molecule has 0 bridgehead atoms. The van der Waals surface area contributed by atoms with E-state index >= 15 is 0 Å². The van der Waals surface area contributed by atoms with Crippen LogP contribution in [0, 0.1) is 0 Å². The molecule has 146 valence electrons. The second-order valence-electron chi connectivity index (χ2n) is 6.63. The molecule has 0 heterocycles. The molecule has 6 heteroatoms. The fraction of sp³-hybridized carbons (Fsp3) is 1.00. The maximum Gasteiger partial charge on any atom is 0.337 e. The smallest absolute Gasteiger partial charge is 0.197 e. The molecule has 0 aliphatic rings. The van der Waals surface area contributed by atoms with Gasteiger partial charge in [-0.1, -0.05) is 103 Å². The molecule has 24 heavy (non-hydrogen) atoms. The standard InChI is InChI=1S/C18H39NO3S2/c1-2-3-4-5-6-7-8-9-10-11-12-13-14-15-16-17-18-23-24(20,21)22-19/h2-19H2,1H3. The van der Waals surface area contributed by atoms with E-state index in [9.17, 15) is 8.42 Å². The van der Waals surface area contributed by atoms with Crippen molar-refractivity contribution in [3.8, 4) is 0 Å². The van der Waals surface area contributed by atoms with Gasteiger partial charge in [0.25, 0.3) is 0 Å². The van der Waals surface area contributed by atoms with E-state index in [0.717, 1.165) is 23.6 Å². The van der Waals surface area contributed by atoms with Gasteiger partial charge in [0.05, 0.1) is 0 Å². The van der Waals surface area contributed by atoms with Crippen LogP contribution in [0.4, 0.5) is 0 Å². The maximum atomic E-state index is 11.0. The Morgan fingerprint density at radius 1 is 0.667 bits per heavy atom. The molecule has 0 saturated heterocycles. The zero-order chi connectivity index (χ0) is 17.9. The minimum absolute atomic E-state index is 0.567. The molecule has 0 spiro atoms. The zero-order valence-corrected chi connectivity index (χ0v) is 17.3. The normalized spacial score (nSPS) is 11.9. The minimum atomic E-state index is -3.55. The SMILES string of the molecule is CCCCCCCCCCCCCCCCCCSS(=O)(=O)ON. The van der Waals surface area contributed by atoms with Crippen LogP contribution in [0.25, 0.3) is 0 Å². The molecule has 0 aromatic carbocycles. The predicted octanol–water partition coefficient (Wildman–Crippen LogP) is 6.12. The molecule has 0 aromatic rings.